The average Bonchev–Trinajstić information content (AvgIpc) is 3.24. The number of amides is 4. The third-order valence-corrected chi connectivity index (χ3v) is 16.2. The van der Waals surface area contributed by atoms with Gasteiger partial charge in [0.2, 0.25) is 11.8 Å². The summed E-state index contributed by atoms with van der Waals surface area (Å²) in [6, 6.07) is 17.1. The zero-order valence-corrected chi connectivity index (χ0v) is 54.8. The Morgan fingerprint density at radius 1 is 0.386 bits per heavy atom. The molecule has 4 aromatic rings. The van der Waals surface area contributed by atoms with Gasteiger partial charge < -0.3 is 48.0 Å². The third kappa shape index (κ3) is 19.1. The van der Waals surface area contributed by atoms with E-state index in [1.54, 1.807) is 38.7 Å². The van der Waals surface area contributed by atoms with Crippen LogP contribution in [0.15, 0.2) is 85.2 Å². The number of aromatic nitrogens is 2. The minimum absolute atomic E-state index is 0.0706. The number of benzene rings is 2. The van der Waals surface area contributed by atoms with Crippen LogP contribution in [0.25, 0.3) is 0 Å². The van der Waals surface area contributed by atoms with Crippen LogP contribution in [-0.4, -0.2) is 168 Å². The standard InChI is InChI=1S/C68H94N6O14/c1-39(2)31-53-65(79)85-45(11)61(75)71(13)56(34-42(7)8)68(82)88-58(36-48-21-25-50(26-22-48)44(10)52-28-30-60(84-18)70-38-52)64(78)74(16)54(32-40(3)4)66(80)86-46(12)62(76)72(14)55(33-41(5)6)67(81)87-57(63(77)73(53)15)35-47-19-23-49(24-20-47)43(9)51-27-29-59(83-17)69-37-51/h19-30,37-46,53-58H,31-36H2,1-18H3/t43?,44?,45-,46-,53+,54+,55+,56+,57-,58-/m1/s1. The number of ether oxygens (including phenoxy) is 6. The maximum atomic E-state index is 15.1. The van der Waals surface area contributed by atoms with Gasteiger partial charge in [0.05, 0.1) is 14.2 Å². The molecule has 88 heavy (non-hydrogen) atoms. The van der Waals surface area contributed by atoms with Gasteiger partial charge in [-0.2, -0.15) is 0 Å². The molecule has 10 atom stereocenters. The highest BCUT2D eigenvalue weighted by Gasteiger charge is 2.43. The fourth-order valence-corrected chi connectivity index (χ4v) is 10.7. The second-order valence-electron chi connectivity index (χ2n) is 25.0. The van der Waals surface area contributed by atoms with E-state index < -0.39 is 96.1 Å². The van der Waals surface area contributed by atoms with Crippen molar-refractivity contribution in [1.82, 2.24) is 29.6 Å². The predicted octanol–water partition coefficient (Wildman–Crippen LogP) is 8.78. The minimum atomic E-state index is -1.55. The Kier molecular flexibility index (Phi) is 26.1. The monoisotopic (exact) mass is 1220 g/mol. The van der Waals surface area contributed by atoms with Crippen molar-refractivity contribution in [2.24, 2.45) is 23.7 Å². The molecule has 2 aromatic carbocycles. The lowest BCUT2D eigenvalue weighted by Gasteiger charge is -2.35. The molecule has 0 bridgehead atoms. The van der Waals surface area contributed by atoms with Gasteiger partial charge in [0.25, 0.3) is 23.6 Å². The van der Waals surface area contributed by atoms with Crippen molar-refractivity contribution in [2.45, 2.75) is 182 Å². The smallest absolute Gasteiger partial charge is 0.329 e. The molecule has 0 radical (unpaired) electrons. The summed E-state index contributed by atoms with van der Waals surface area (Å²) in [5.74, 6) is -6.77. The summed E-state index contributed by atoms with van der Waals surface area (Å²) in [5.41, 5.74) is 4.95. The number of esters is 4. The van der Waals surface area contributed by atoms with E-state index >= 15 is 9.59 Å². The molecule has 20 nitrogen and oxygen atoms in total. The SMILES string of the molecule is COc1ccc(C(C)c2ccc(C[C@H]3OC(=O)[C@H](CC(C)C)N(C)C(=O)[C@@H](C)OC(=O)[C@H](CC(C)C)N(C)C(=O)[C@@H](Cc4ccc(C(C)c5ccc(OC)nc5)cc4)OC(=O)[C@H](CC(C)C)N(C)C(=O)[C@@H](C)OC(=O)[C@H](CC(C)C)N(C)C3=O)cc2)cn1. The zero-order valence-electron chi connectivity index (χ0n) is 54.8. The Bertz CT molecular complexity index is 2770. The van der Waals surface area contributed by atoms with Crippen LogP contribution in [0.2, 0.25) is 0 Å². The lowest BCUT2D eigenvalue weighted by Crippen LogP contribution is -2.55. The first-order valence-electron chi connectivity index (χ1n) is 30.5. The number of carbonyl (C=O) groups excluding carboxylic acids is 8. The number of hydrogen-bond acceptors (Lipinski definition) is 16. The molecule has 0 saturated carbocycles. The van der Waals surface area contributed by atoms with Gasteiger partial charge in [-0.3, -0.25) is 19.2 Å². The van der Waals surface area contributed by atoms with E-state index in [9.17, 15) is 28.8 Å². The zero-order chi connectivity index (χ0) is 65.4. The molecule has 0 spiro atoms. The van der Waals surface area contributed by atoms with Gasteiger partial charge in [-0.05, 0) is 96.6 Å². The van der Waals surface area contributed by atoms with Crippen LogP contribution in [0.4, 0.5) is 0 Å². The van der Waals surface area contributed by atoms with Crippen molar-refractivity contribution in [1.29, 1.82) is 0 Å². The van der Waals surface area contributed by atoms with E-state index in [1.165, 1.54) is 42.0 Å². The molecule has 4 amide bonds. The summed E-state index contributed by atoms with van der Waals surface area (Å²) in [5, 5.41) is 0. The van der Waals surface area contributed by atoms with Crippen LogP contribution in [0.3, 0.4) is 0 Å². The molecule has 2 aromatic heterocycles. The average molecular weight is 1220 g/mol. The van der Waals surface area contributed by atoms with Gasteiger partial charge >= 0.3 is 23.9 Å². The molecule has 1 aliphatic rings. The van der Waals surface area contributed by atoms with Crippen molar-refractivity contribution < 1.29 is 66.8 Å². The number of carbonyl (C=O) groups is 8. The van der Waals surface area contributed by atoms with Crippen molar-refractivity contribution in [3.63, 3.8) is 0 Å². The van der Waals surface area contributed by atoms with Crippen LogP contribution < -0.4 is 9.47 Å². The van der Waals surface area contributed by atoms with Gasteiger partial charge in [-0.1, -0.05) is 130 Å². The van der Waals surface area contributed by atoms with Crippen molar-refractivity contribution in [3.05, 3.63) is 119 Å². The van der Waals surface area contributed by atoms with Crippen LogP contribution in [0.5, 0.6) is 11.8 Å². The van der Waals surface area contributed by atoms with Crippen molar-refractivity contribution in [3.8, 4) is 11.8 Å². The molecule has 20 heteroatoms. The maximum Gasteiger partial charge on any atom is 0.329 e. The predicted molar refractivity (Wildman–Crippen MR) is 332 cm³/mol. The summed E-state index contributed by atoms with van der Waals surface area (Å²) in [4.78, 5) is 132. The Morgan fingerprint density at radius 2 is 0.648 bits per heavy atom. The second kappa shape index (κ2) is 32.4. The van der Waals surface area contributed by atoms with Crippen molar-refractivity contribution >= 4 is 47.5 Å². The third-order valence-electron chi connectivity index (χ3n) is 16.2. The van der Waals surface area contributed by atoms with Crippen LogP contribution >= 0.6 is 0 Å². The number of pyridine rings is 2. The molecule has 480 valence electrons. The summed E-state index contributed by atoms with van der Waals surface area (Å²) in [6.07, 6.45) is -2.65. The minimum Gasteiger partial charge on any atom is -0.481 e. The Labute approximate surface area is 520 Å². The molecular weight excluding hydrogens is 1120 g/mol. The summed E-state index contributed by atoms with van der Waals surface area (Å²) in [7, 11) is 8.66. The van der Waals surface area contributed by atoms with Crippen molar-refractivity contribution in [2.75, 3.05) is 42.4 Å². The highest BCUT2D eigenvalue weighted by Crippen LogP contribution is 2.29. The first-order chi connectivity index (χ1) is 41.5. The quantitative estimate of drug-likeness (QED) is 0.0669. The molecule has 2 unspecified atom stereocenters. The van der Waals surface area contributed by atoms with Gasteiger partial charge in [-0.15, -0.1) is 0 Å². The molecular formula is C68H94N6O14. The number of likely N-dealkylation sites (N-methyl/N-ethyl adjacent to an activating group) is 4. The number of methoxy groups -OCH3 is 2. The lowest BCUT2D eigenvalue weighted by atomic mass is 9.93. The van der Waals surface area contributed by atoms with Gasteiger partial charge in [0.15, 0.2) is 24.4 Å². The molecule has 0 aliphatic carbocycles. The summed E-state index contributed by atoms with van der Waals surface area (Å²) in [6.45, 7) is 21.6. The lowest BCUT2D eigenvalue weighted by molar-refractivity contribution is -0.176. The molecule has 1 aliphatic heterocycles. The van der Waals surface area contributed by atoms with Gasteiger partial charge in [0.1, 0.15) is 24.2 Å². The Balaban J connectivity index is 1.59. The van der Waals surface area contributed by atoms with Crippen LogP contribution in [0.1, 0.15) is 154 Å². The first kappa shape index (κ1) is 70.9. The highest BCUT2D eigenvalue weighted by atomic mass is 16.6. The van der Waals surface area contributed by atoms with E-state index in [0.717, 1.165) is 41.9 Å². The number of rotatable bonds is 18. The number of cyclic esters (lactones) is 4. The van der Waals surface area contributed by atoms with E-state index in [0.29, 0.717) is 22.9 Å². The van der Waals surface area contributed by atoms with Gasteiger partial charge in [-0.25, -0.2) is 29.1 Å². The van der Waals surface area contributed by atoms with E-state index in [2.05, 4.69) is 9.97 Å². The van der Waals surface area contributed by atoms with Crippen LogP contribution in [0, 0.1) is 23.7 Å². The molecule has 5 rings (SSSR count). The molecule has 3 heterocycles. The highest BCUT2D eigenvalue weighted by molar-refractivity contribution is 5.94. The molecule has 1 fully saturated rings. The van der Waals surface area contributed by atoms with Crippen LogP contribution in [-0.2, 0) is 70.1 Å². The summed E-state index contributed by atoms with van der Waals surface area (Å²) >= 11 is 0. The topological polar surface area (TPSA) is 231 Å². The fraction of sp³-hybridized carbons (Fsp3) is 0.559. The Morgan fingerprint density at radius 3 is 0.898 bits per heavy atom. The summed E-state index contributed by atoms with van der Waals surface area (Å²) < 4.78 is 34.9. The molecule has 0 N–H and O–H groups in total. The van der Waals surface area contributed by atoms with Gasteiger partial charge in [0, 0.05) is 77.4 Å². The maximum absolute atomic E-state index is 15.1. The normalized spacial score (nSPS) is 22.8. The van der Waals surface area contributed by atoms with E-state index in [-0.39, 0.29) is 74.0 Å². The fourth-order valence-electron chi connectivity index (χ4n) is 10.7. The number of hydrogen-bond donors (Lipinski definition) is 0. The molecule has 1 saturated heterocycles. The van der Waals surface area contributed by atoms with E-state index in [1.807, 2.05) is 130 Å². The first-order valence-corrected chi connectivity index (χ1v) is 30.5. The largest absolute Gasteiger partial charge is 0.481 e. The van der Waals surface area contributed by atoms with E-state index in [4.69, 9.17) is 28.4 Å². The second-order valence-corrected chi connectivity index (χ2v) is 25.0. The number of nitrogens with zero attached hydrogens (tertiary/aromatic N) is 6. The Hall–Kier alpha value is -7.90.